The van der Waals surface area contributed by atoms with Crippen LogP contribution in [0.25, 0.3) is 6.08 Å². The Morgan fingerprint density at radius 2 is 2.21 bits per heavy atom. The molecule has 0 saturated heterocycles. The molecule has 4 heteroatoms. The lowest BCUT2D eigenvalue weighted by Gasteiger charge is -1.99. The van der Waals surface area contributed by atoms with E-state index in [9.17, 15) is 4.79 Å². The van der Waals surface area contributed by atoms with Gasteiger partial charge in [-0.05, 0) is 23.8 Å². The summed E-state index contributed by atoms with van der Waals surface area (Å²) in [5.74, 6) is -0.527. The number of carboxylic acid groups (broad SMARTS) is 1. The van der Waals surface area contributed by atoms with Crippen LogP contribution < -0.4 is 0 Å². The van der Waals surface area contributed by atoms with Crippen molar-refractivity contribution in [3.05, 3.63) is 39.9 Å². The predicted molar refractivity (Wildman–Crippen MR) is 60.9 cm³/mol. The van der Waals surface area contributed by atoms with Crippen molar-refractivity contribution in [2.75, 3.05) is 5.88 Å². The second-order valence-electron chi connectivity index (χ2n) is 2.64. The summed E-state index contributed by atoms with van der Waals surface area (Å²) < 4.78 is 0.742. The third kappa shape index (κ3) is 3.16. The van der Waals surface area contributed by atoms with Crippen LogP contribution in [0.5, 0.6) is 0 Å². The van der Waals surface area contributed by atoms with Gasteiger partial charge in [0.05, 0.1) is 5.56 Å². The number of hydrogen-bond donors (Lipinski definition) is 1. The fraction of sp³-hybridized carbons (Fsp3) is 0.100. The lowest BCUT2D eigenvalue weighted by molar-refractivity contribution is 0.0697. The molecule has 1 aromatic rings. The first-order chi connectivity index (χ1) is 6.63. The molecule has 0 aliphatic rings. The fourth-order valence-corrected chi connectivity index (χ4v) is 1.61. The Labute approximate surface area is 95.3 Å². The molecule has 0 aromatic heterocycles. The number of halogens is 2. The van der Waals surface area contributed by atoms with E-state index in [-0.39, 0.29) is 5.56 Å². The average molecular weight is 276 g/mol. The molecule has 0 fully saturated rings. The van der Waals surface area contributed by atoms with Crippen LogP contribution in [-0.2, 0) is 0 Å². The van der Waals surface area contributed by atoms with E-state index < -0.39 is 5.97 Å². The van der Waals surface area contributed by atoms with Gasteiger partial charge in [-0.2, -0.15) is 0 Å². The maximum Gasteiger partial charge on any atom is 0.335 e. The zero-order valence-corrected chi connectivity index (χ0v) is 9.55. The van der Waals surface area contributed by atoms with Crippen LogP contribution in [0, 0.1) is 0 Å². The number of carbonyl (C=O) groups is 1. The van der Waals surface area contributed by atoms with Crippen LogP contribution >= 0.6 is 27.5 Å². The van der Waals surface area contributed by atoms with Crippen LogP contribution in [0.4, 0.5) is 0 Å². The van der Waals surface area contributed by atoms with Gasteiger partial charge in [-0.25, -0.2) is 4.79 Å². The fourth-order valence-electron chi connectivity index (χ4n) is 1.01. The molecule has 14 heavy (non-hydrogen) atoms. The van der Waals surface area contributed by atoms with E-state index >= 15 is 0 Å². The van der Waals surface area contributed by atoms with Gasteiger partial charge in [0.15, 0.2) is 0 Å². The van der Waals surface area contributed by atoms with E-state index in [4.69, 9.17) is 16.7 Å². The Morgan fingerprint density at radius 3 is 2.79 bits per heavy atom. The van der Waals surface area contributed by atoms with Crippen molar-refractivity contribution >= 4 is 39.6 Å². The molecule has 1 N–H and O–H groups in total. The summed E-state index contributed by atoms with van der Waals surface area (Å²) in [6, 6.07) is 4.98. The highest BCUT2D eigenvalue weighted by molar-refractivity contribution is 9.10. The summed E-state index contributed by atoms with van der Waals surface area (Å²) in [6.07, 6.45) is 3.54. The van der Waals surface area contributed by atoms with E-state index in [0.717, 1.165) is 10.0 Å². The first-order valence-electron chi connectivity index (χ1n) is 3.90. The first-order valence-corrected chi connectivity index (χ1v) is 5.22. The third-order valence-corrected chi connectivity index (χ3v) is 2.20. The molecule has 74 valence electrons. The predicted octanol–water partition coefficient (Wildman–Crippen LogP) is 3.40. The molecule has 0 aliphatic carbocycles. The second-order valence-corrected chi connectivity index (χ2v) is 3.86. The van der Waals surface area contributed by atoms with Gasteiger partial charge in [0.2, 0.25) is 0 Å². The molecule has 2 nitrogen and oxygen atoms in total. The zero-order valence-electron chi connectivity index (χ0n) is 7.21. The smallest absolute Gasteiger partial charge is 0.335 e. The minimum absolute atomic E-state index is 0.258. The zero-order chi connectivity index (χ0) is 10.6. The van der Waals surface area contributed by atoms with Crippen LogP contribution in [0.15, 0.2) is 28.7 Å². The maximum absolute atomic E-state index is 10.7. The Kier molecular flexibility index (Phi) is 4.17. The molecular weight excluding hydrogens is 267 g/mol. The van der Waals surface area contributed by atoms with Crippen molar-refractivity contribution < 1.29 is 9.90 Å². The number of hydrogen-bond acceptors (Lipinski definition) is 1. The summed E-state index contributed by atoms with van der Waals surface area (Å²) in [5, 5.41) is 8.79. The van der Waals surface area contributed by atoms with Gasteiger partial charge in [0.25, 0.3) is 0 Å². The highest BCUT2D eigenvalue weighted by atomic mass is 79.9. The van der Waals surface area contributed by atoms with Crippen LogP contribution in [0.2, 0.25) is 0 Å². The van der Waals surface area contributed by atoms with Crippen molar-refractivity contribution in [2.45, 2.75) is 0 Å². The molecule has 0 amide bonds. The van der Waals surface area contributed by atoms with Crippen molar-refractivity contribution in [1.82, 2.24) is 0 Å². The molecule has 0 saturated carbocycles. The van der Waals surface area contributed by atoms with E-state index in [1.165, 1.54) is 0 Å². The van der Waals surface area contributed by atoms with Crippen LogP contribution in [0.1, 0.15) is 15.9 Å². The third-order valence-electron chi connectivity index (χ3n) is 1.57. The van der Waals surface area contributed by atoms with Gasteiger partial charge in [0, 0.05) is 10.4 Å². The normalized spacial score (nSPS) is 10.7. The quantitative estimate of drug-likeness (QED) is 0.859. The lowest BCUT2D eigenvalue weighted by atomic mass is 10.1. The molecule has 0 heterocycles. The van der Waals surface area contributed by atoms with Gasteiger partial charge >= 0.3 is 5.97 Å². The number of allylic oxidation sites excluding steroid dienone is 1. The molecule has 1 rings (SSSR count). The minimum atomic E-state index is -0.938. The largest absolute Gasteiger partial charge is 0.478 e. The van der Waals surface area contributed by atoms with Gasteiger partial charge in [-0.15, -0.1) is 11.6 Å². The molecule has 0 spiro atoms. The number of aromatic carboxylic acids is 1. The van der Waals surface area contributed by atoms with Gasteiger partial charge in [-0.3, -0.25) is 0 Å². The highest BCUT2D eigenvalue weighted by Gasteiger charge is 2.04. The minimum Gasteiger partial charge on any atom is -0.478 e. The molecule has 0 aliphatic heterocycles. The SMILES string of the molecule is O=C(O)c1cc(Br)cc(C=CCCl)c1. The van der Waals surface area contributed by atoms with Crippen LogP contribution in [0.3, 0.4) is 0 Å². The lowest BCUT2D eigenvalue weighted by Crippen LogP contribution is -1.96. The Morgan fingerprint density at radius 1 is 1.50 bits per heavy atom. The molecule has 0 radical (unpaired) electrons. The summed E-state index contributed by atoms with van der Waals surface area (Å²) >= 11 is 8.72. The second kappa shape index (κ2) is 5.17. The van der Waals surface area contributed by atoms with Crippen LogP contribution in [-0.4, -0.2) is 17.0 Å². The molecule has 1 aromatic carbocycles. The first kappa shape index (κ1) is 11.3. The van der Waals surface area contributed by atoms with Crippen molar-refractivity contribution in [1.29, 1.82) is 0 Å². The van der Waals surface area contributed by atoms with Gasteiger partial charge in [0.1, 0.15) is 0 Å². The molecular formula is C10H8BrClO2. The topological polar surface area (TPSA) is 37.3 Å². The Hall–Kier alpha value is -0.800. The summed E-state index contributed by atoms with van der Waals surface area (Å²) in [7, 11) is 0. The van der Waals surface area contributed by atoms with Gasteiger partial charge in [-0.1, -0.05) is 28.1 Å². The number of alkyl halides is 1. The van der Waals surface area contributed by atoms with Crippen molar-refractivity contribution in [3.8, 4) is 0 Å². The number of carboxylic acids is 1. The summed E-state index contributed by atoms with van der Waals surface area (Å²) in [5.41, 5.74) is 1.08. The van der Waals surface area contributed by atoms with Crippen molar-refractivity contribution in [3.63, 3.8) is 0 Å². The van der Waals surface area contributed by atoms with E-state index in [2.05, 4.69) is 15.9 Å². The number of benzene rings is 1. The molecule has 0 unspecified atom stereocenters. The number of rotatable bonds is 3. The van der Waals surface area contributed by atoms with E-state index in [1.54, 1.807) is 24.3 Å². The monoisotopic (exact) mass is 274 g/mol. The molecule has 0 bridgehead atoms. The molecule has 0 atom stereocenters. The highest BCUT2D eigenvalue weighted by Crippen LogP contribution is 2.17. The van der Waals surface area contributed by atoms with E-state index in [0.29, 0.717) is 5.88 Å². The van der Waals surface area contributed by atoms with E-state index in [1.807, 2.05) is 6.07 Å². The van der Waals surface area contributed by atoms with Crippen molar-refractivity contribution in [2.24, 2.45) is 0 Å². The average Bonchev–Trinajstić information content (AvgIpc) is 2.14. The maximum atomic E-state index is 10.7. The Bertz CT molecular complexity index is 374. The van der Waals surface area contributed by atoms with Gasteiger partial charge < -0.3 is 5.11 Å². The standard InChI is InChI=1S/C10H8BrClO2/c11-9-5-7(2-1-3-12)4-8(6-9)10(13)14/h1-2,4-6H,3H2,(H,13,14). The summed E-state index contributed by atoms with van der Waals surface area (Å²) in [4.78, 5) is 10.7. The summed E-state index contributed by atoms with van der Waals surface area (Å²) in [6.45, 7) is 0. The Balaban J connectivity index is 3.07.